The van der Waals surface area contributed by atoms with Crippen LogP contribution < -0.4 is 11.1 Å². The fourth-order valence-electron chi connectivity index (χ4n) is 2.58. The molecule has 9 heteroatoms. The van der Waals surface area contributed by atoms with E-state index in [9.17, 15) is 5.11 Å². The van der Waals surface area contributed by atoms with Gasteiger partial charge in [-0.1, -0.05) is 23.7 Å². The van der Waals surface area contributed by atoms with E-state index < -0.39 is 6.23 Å². The van der Waals surface area contributed by atoms with Crippen molar-refractivity contribution in [2.24, 2.45) is 0 Å². The van der Waals surface area contributed by atoms with Gasteiger partial charge in [0.15, 0.2) is 11.9 Å². The maximum atomic E-state index is 10.6. The lowest BCUT2D eigenvalue weighted by molar-refractivity contribution is 0.209. The van der Waals surface area contributed by atoms with Crippen LogP contribution in [0.5, 0.6) is 0 Å². The highest BCUT2D eigenvalue weighted by Crippen LogP contribution is 2.30. The zero-order valence-corrected chi connectivity index (χ0v) is 13.6. The highest BCUT2D eigenvalue weighted by atomic mass is 35.5. The number of aromatic amines is 1. The molecule has 0 fully saturated rings. The lowest BCUT2D eigenvalue weighted by Crippen LogP contribution is -2.10. The highest BCUT2D eigenvalue weighted by molar-refractivity contribution is 6.30. The molecule has 0 radical (unpaired) electrons. The summed E-state index contributed by atoms with van der Waals surface area (Å²) in [6.07, 6.45) is 3.77. The zero-order chi connectivity index (χ0) is 17.4. The maximum Gasteiger partial charge on any atom is 0.165 e. The molecule has 0 spiro atoms. The number of halogens is 1. The summed E-state index contributed by atoms with van der Waals surface area (Å²) >= 11 is 6.05. The molecule has 3 aromatic heterocycles. The Kier molecular flexibility index (Phi) is 3.75. The first kappa shape index (κ1) is 15.4. The highest BCUT2D eigenvalue weighted by Gasteiger charge is 2.18. The van der Waals surface area contributed by atoms with Crippen LogP contribution in [0.2, 0.25) is 5.02 Å². The Morgan fingerprint density at radius 3 is 3.00 bits per heavy atom. The largest absolute Gasteiger partial charge is 0.384 e. The van der Waals surface area contributed by atoms with Gasteiger partial charge in [-0.05, 0) is 18.2 Å². The number of nitrogen functional groups attached to an aromatic ring is 1. The van der Waals surface area contributed by atoms with E-state index >= 15 is 0 Å². The molecule has 1 aromatic carbocycles. The molecular weight excluding hydrogens is 342 g/mol. The molecule has 0 aliphatic rings. The van der Waals surface area contributed by atoms with Crippen molar-refractivity contribution in [3.05, 3.63) is 59.5 Å². The van der Waals surface area contributed by atoms with E-state index in [4.69, 9.17) is 17.3 Å². The molecule has 25 heavy (non-hydrogen) atoms. The Morgan fingerprint density at radius 2 is 2.16 bits per heavy atom. The van der Waals surface area contributed by atoms with Gasteiger partial charge in [0.1, 0.15) is 5.82 Å². The molecule has 0 bridgehead atoms. The van der Waals surface area contributed by atoms with E-state index in [0.29, 0.717) is 33.4 Å². The Balaban J connectivity index is 1.66. The molecule has 4 aromatic rings. The summed E-state index contributed by atoms with van der Waals surface area (Å²) in [4.78, 5) is 4.22. The molecule has 3 heterocycles. The molecule has 0 saturated carbocycles. The lowest BCUT2D eigenvalue weighted by atomic mass is 10.1. The van der Waals surface area contributed by atoms with Crippen molar-refractivity contribution >= 4 is 28.8 Å². The van der Waals surface area contributed by atoms with Crippen molar-refractivity contribution in [3.63, 3.8) is 0 Å². The Labute approximate surface area is 147 Å². The van der Waals surface area contributed by atoms with E-state index in [1.807, 2.05) is 18.2 Å². The summed E-state index contributed by atoms with van der Waals surface area (Å²) in [7, 11) is 0. The van der Waals surface area contributed by atoms with Gasteiger partial charge in [0.2, 0.25) is 0 Å². The number of nitrogens with zero attached hydrogens (tertiary/aromatic N) is 4. The molecule has 126 valence electrons. The quantitative estimate of drug-likeness (QED) is 0.418. The van der Waals surface area contributed by atoms with Crippen molar-refractivity contribution in [3.8, 4) is 11.3 Å². The van der Waals surface area contributed by atoms with Gasteiger partial charge in [0.25, 0.3) is 0 Å². The van der Waals surface area contributed by atoms with Crippen molar-refractivity contribution in [1.82, 2.24) is 24.8 Å². The van der Waals surface area contributed by atoms with Gasteiger partial charge >= 0.3 is 0 Å². The van der Waals surface area contributed by atoms with Gasteiger partial charge in [0, 0.05) is 16.8 Å². The van der Waals surface area contributed by atoms with E-state index in [-0.39, 0.29) is 0 Å². The summed E-state index contributed by atoms with van der Waals surface area (Å²) < 4.78 is 1.55. The van der Waals surface area contributed by atoms with Crippen LogP contribution in [-0.4, -0.2) is 29.9 Å². The van der Waals surface area contributed by atoms with Crippen molar-refractivity contribution in [2.45, 2.75) is 6.23 Å². The number of hydrogen-bond donors (Lipinski definition) is 4. The average molecular weight is 356 g/mol. The minimum Gasteiger partial charge on any atom is -0.384 e. The standard InChI is InChI=1S/C16H14ClN7O/c17-10-3-1-2-9(6-10)14-12(8-19-23-14)21-16(25)11-7-20-24-5-4-13(18)22-15(11)24/h1-8,16,21,25H,(H2,18,22)(H,19,23). The van der Waals surface area contributed by atoms with Crippen LogP contribution in [0.15, 0.2) is 48.9 Å². The van der Waals surface area contributed by atoms with E-state index in [1.165, 1.54) is 0 Å². The first-order chi connectivity index (χ1) is 12.1. The van der Waals surface area contributed by atoms with Crippen LogP contribution in [0.25, 0.3) is 16.9 Å². The van der Waals surface area contributed by atoms with E-state index in [1.54, 1.807) is 35.2 Å². The number of rotatable bonds is 4. The molecule has 1 atom stereocenters. The zero-order valence-electron chi connectivity index (χ0n) is 12.9. The van der Waals surface area contributed by atoms with Crippen molar-refractivity contribution in [2.75, 3.05) is 11.1 Å². The fourth-order valence-corrected chi connectivity index (χ4v) is 2.77. The van der Waals surface area contributed by atoms with Crippen LogP contribution in [-0.2, 0) is 0 Å². The lowest BCUT2D eigenvalue weighted by Gasteiger charge is -2.13. The van der Waals surface area contributed by atoms with Gasteiger partial charge < -0.3 is 16.2 Å². The molecule has 0 aliphatic heterocycles. The molecule has 4 rings (SSSR count). The molecular formula is C16H14ClN7O. The molecule has 0 aliphatic carbocycles. The predicted octanol–water partition coefficient (Wildman–Crippen LogP) is 2.46. The topological polar surface area (TPSA) is 117 Å². The van der Waals surface area contributed by atoms with E-state index in [0.717, 1.165) is 5.56 Å². The smallest absolute Gasteiger partial charge is 0.165 e. The first-order valence-corrected chi connectivity index (χ1v) is 7.83. The number of aliphatic hydroxyl groups is 1. The van der Waals surface area contributed by atoms with Gasteiger partial charge in [-0.3, -0.25) is 5.10 Å². The number of fused-ring (bicyclic) bond motifs is 1. The number of H-pyrrole nitrogens is 1. The Morgan fingerprint density at radius 1 is 1.28 bits per heavy atom. The molecule has 0 saturated heterocycles. The average Bonchev–Trinajstić information content (AvgIpc) is 3.21. The van der Waals surface area contributed by atoms with Gasteiger partial charge in [0.05, 0.1) is 29.3 Å². The number of hydrogen-bond acceptors (Lipinski definition) is 6. The number of anilines is 2. The second-order valence-corrected chi connectivity index (χ2v) is 5.87. The number of aliphatic hydroxyl groups excluding tert-OH is 1. The summed E-state index contributed by atoms with van der Waals surface area (Å²) in [5.74, 6) is 0.351. The van der Waals surface area contributed by atoms with Gasteiger partial charge in [-0.2, -0.15) is 10.2 Å². The second kappa shape index (κ2) is 6.08. The number of aromatic nitrogens is 5. The summed E-state index contributed by atoms with van der Waals surface area (Å²) in [6.45, 7) is 0. The van der Waals surface area contributed by atoms with Crippen LogP contribution >= 0.6 is 11.6 Å². The molecule has 1 unspecified atom stereocenters. The van der Waals surface area contributed by atoms with Crippen LogP contribution in [0.3, 0.4) is 0 Å². The third-order valence-corrected chi connectivity index (χ3v) is 3.99. The number of benzene rings is 1. The third kappa shape index (κ3) is 2.88. The minimum absolute atomic E-state index is 0.351. The summed E-state index contributed by atoms with van der Waals surface area (Å²) in [5.41, 5.74) is 8.89. The Bertz CT molecular complexity index is 1040. The summed E-state index contributed by atoms with van der Waals surface area (Å²) in [5, 5.41) is 25.3. The van der Waals surface area contributed by atoms with Crippen molar-refractivity contribution in [1.29, 1.82) is 0 Å². The first-order valence-electron chi connectivity index (χ1n) is 7.45. The maximum absolute atomic E-state index is 10.6. The second-order valence-electron chi connectivity index (χ2n) is 5.44. The van der Waals surface area contributed by atoms with Crippen LogP contribution in [0.4, 0.5) is 11.5 Å². The fraction of sp³-hybridized carbons (Fsp3) is 0.0625. The normalized spacial score (nSPS) is 12.4. The van der Waals surface area contributed by atoms with E-state index in [2.05, 4.69) is 25.6 Å². The van der Waals surface area contributed by atoms with Crippen LogP contribution in [0.1, 0.15) is 11.8 Å². The molecule has 0 amide bonds. The number of nitrogens with one attached hydrogen (secondary N) is 2. The monoisotopic (exact) mass is 355 g/mol. The molecule has 5 N–H and O–H groups in total. The third-order valence-electron chi connectivity index (χ3n) is 3.76. The Hall–Kier alpha value is -3.10. The van der Waals surface area contributed by atoms with Gasteiger partial charge in [-0.25, -0.2) is 9.50 Å². The van der Waals surface area contributed by atoms with Crippen LogP contribution in [0, 0.1) is 0 Å². The SMILES string of the molecule is Nc1ccn2ncc(C(O)Nc3cn[nH]c3-c3cccc(Cl)c3)c2n1. The molecule has 8 nitrogen and oxygen atoms in total. The van der Waals surface area contributed by atoms with Crippen molar-refractivity contribution < 1.29 is 5.11 Å². The summed E-state index contributed by atoms with van der Waals surface area (Å²) in [6, 6.07) is 8.98. The van der Waals surface area contributed by atoms with Gasteiger partial charge in [-0.15, -0.1) is 0 Å². The number of nitrogens with two attached hydrogens (primary N) is 1. The minimum atomic E-state index is -1.04. The predicted molar refractivity (Wildman–Crippen MR) is 95.0 cm³/mol.